The SMILES string of the molecule is C=CC(=O)N1CCN2C(=O)c3c(C4C#CN(C)N=C4C)nc(-c4c(F)cccc4OC)c(Cl)c3OC[C@H]2C1. The number of piperazine rings is 1. The fraction of sp³-hybridized carbons (Fsp3) is 0.333. The number of amides is 2. The van der Waals surface area contributed by atoms with Gasteiger partial charge in [0, 0.05) is 32.7 Å². The molecule has 0 aliphatic carbocycles. The van der Waals surface area contributed by atoms with Gasteiger partial charge in [-0.2, -0.15) is 5.10 Å². The molecule has 1 aromatic heterocycles. The summed E-state index contributed by atoms with van der Waals surface area (Å²) in [4.78, 5) is 34.4. The van der Waals surface area contributed by atoms with Gasteiger partial charge < -0.3 is 19.3 Å². The number of methoxy groups -OCH3 is 1. The Morgan fingerprint density at radius 2 is 2.13 bits per heavy atom. The van der Waals surface area contributed by atoms with Crippen molar-refractivity contribution in [1.29, 1.82) is 0 Å². The van der Waals surface area contributed by atoms with E-state index in [2.05, 4.69) is 23.6 Å². The molecule has 2 atom stereocenters. The van der Waals surface area contributed by atoms with E-state index in [1.54, 1.807) is 29.8 Å². The lowest BCUT2D eigenvalue weighted by Gasteiger charge is -2.39. The highest BCUT2D eigenvalue weighted by atomic mass is 35.5. The molecule has 1 aromatic carbocycles. The Morgan fingerprint density at radius 1 is 1.34 bits per heavy atom. The number of pyridine rings is 1. The Bertz CT molecular complexity index is 1450. The second-order valence-corrected chi connectivity index (χ2v) is 9.46. The van der Waals surface area contributed by atoms with Crippen LogP contribution in [0.1, 0.15) is 28.9 Å². The van der Waals surface area contributed by atoms with Crippen molar-refractivity contribution in [2.45, 2.75) is 18.9 Å². The molecule has 0 radical (unpaired) electrons. The largest absolute Gasteiger partial charge is 0.496 e. The second-order valence-electron chi connectivity index (χ2n) is 9.09. The highest BCUT2D eigenvalue weighted by Gasteiger charge is 2.41. The van der Waals surface area contributed by atoms with E-state index < -0.39 is 17.8 Å². The van der Waals surface area contributed by atoms with E-state index in [1.165, 1.54) is 30.3 Å². The predicted molar refractivity (Wildman–Crippen MR) is 140 cm³/mol. The van der Waals surface area contributed by atoms with E-state index in [0.29, 0.717) is 12.3 Å². The number of aromatic nitrogens is 1. The molecule has 1 fully saturated rings. The molecule has 11 heteroatoms. The number of carbonyl (C=O) groups is 2. The van der Waals surface area contributed by atoms with Crippen molar-refractivity contribution in [3.8, 4) is 34.7 Å². The molecule has 2 aromatic rings. The number of carbonyl (C=O) groups excluding carboxylic acids is 2. The highest BCUT2D eigenvalue weighted by Crippen LogP contribution is 2.45. The quantitative estimate of drug-likeness (QED) is 0.440. The first-order valence-electron chi connectivity index (χ1n) is 12.0. The second kappa shape index (κ2) is 9.99. The minimum Gasteiger partial charge on any atom is -0.496 e. The van der Waals surface area contributed by atoms with Crippen LogP contribution in [0.3, 0.4) is 0 Å². The number of ether oxygens (including phenoxy) is 2. The normalized spacial score (nSPS) is 20.3. The maximum Gasteiger partial charge on any atom is 0.260 e. The molecule has 5 rings (SSSR count). The topological polar surface area (TPSA) is 87.6 Å². The van der Waals surface area contributed by atoms with E-state index in [-0.39, 0.29) is 70.5 Å². The van der Waals surface area contributed by atoms with Crippen LogP contribution in [-0.4, -0.2) is 83.8 Å². The number of hydrogen-bond donors (Lipinski definition) is 0. The number of hydrazone groups is 1. The van der Waals surface area contributed by atoms with Crippen LogP contribution in [0.25, 0.3) is 11.3 Å². The van der Waals surface area contributed by atoms with Crippen LogP contribution >= 0.6 is 11.6 Å². The van der Waals surface area contributed by atoms with Crippen LogP contribution in [0.15, 0.2) is 36.0 Å². The van der Waals surface area contributed by atoms with Crippen LogP contribution in [-0.2, 0) is 4.79 Å². The average Bonchev–Trinajstić information content (AvgIpc) is 3.05. The highest BCUT2D eigenvalue weighted by molar-refractivity contribution is 6.35. The number of hydrogen-bond acceptors (Lipinski definition) is 7. The smallest absolute Gasteiger partial charge is 0.260 e. The summed E-state index contributed by atoms with van der Waals surface area (Å²) in [6, 6.07) is 6.86. The van der Waals surface area contributed by atoms with E-state index in [9.17, 15) is 9.59 Å². The first kappa shape index (κ1) is 25.5. The predicted octanol–water partition coefficient (Wildman–Crippen LogP) is 3.15. The molecule has 1 unspecified atom stereocenters. The van der Waals surface area contributed by atoms with E-state index in [1.807, 2.05) is 0 Å². The van der Waals surface area contributed by atoms with E-state index in [0.717, 1.165) is 0 Å². The molecule has 9 nitrogen and oxygen atoms in total. The molecular weight excluding hydrogens is 513 g/mol. The van der Waals surface area contributed by atoms with Gasteiger partial charge in [0.1, 0.15) is 34.7 Å². The molecule has 3 aliphatic heterocycles. The lowest BCUT2D eigenvalue weighted by atomic mass is 9.93. The van der Waals surface area contributed by atoms with Crippen molar-refractivity contribution in [2.24, 2.45) is 5.10 Å². The summed E-state index contributed by atoms with van der Waals surface area (Å²) in [6.07, 6.45) is 1.25. The van der Waals surface area contributed by atoms with Crippen LogP contribution < -0.4 is 9.47 Å². The summed E-state index contributed by atoms with van der Waals surface area (Å²) < 4.78 is 26.8. The Hall–Kier alpha value is -4.10. The van der Waals surface area contributed by atoms with Gasteiger partial charge in [-0.3, -0.25) is 9.59 Å². The van der Waals surface area contributed by atoms with Crippen molar-refractivity contribution in [3.05, 3.63) is 53.0 Å². The summed E-state index contributed by atoms with van der Waals surface area (Å²) in [5, 5.41) is 5.88. The van der Waals surface area contributed by atoms with Crippen LogP contribution in [0.5, 0.6) is 11.5 Å². The molecular formula is C27H25ClFN5O4. The lowest BCUT2D eigenvalue weighted by Crippen LogP contribution is -2.57. The number of nitrogens with zero attached hydrogens (tertiary/aromatic N) is 5. The molecule has 0 spiro atoms. The zero-order chi connectivity index (χ0) is 27.1. The van der Waals surface area contributed by atoms with Gasteiger partial charge in [0.15, 0.2) is 5.75 Å². The third-order valence-electron chi connectivity index (χ3n) is 6.79. The fourth-order valence-electron chi connectivity index (χ4n) is 4.95. The maximum absolute atomic E-state index is 15.2. The average molecular weight is 538 g/mol. The summed E-state index contributed by atoms with van der Waals surface area (Å²) in [5.74, 6) is 1.57. The molecule has 0 N–H and O–H groups in total. The lowest BCUT2D eigenvalue weighted by molar-refractivity contribution is -0.128. The van der Waals surface area contributed by atoms with Gasteiger partial charge in [0.2, 0.25) is 5.91 Å². The molecule has 4 heterocycles. The minimum absolute atomic E-state index is 0.0187. The first-order valence-corrected chi connectivity index (χ1v) is 12.3. The molecule has 3 aliphatic rings. The van der Waals surface area contributed by atoms with Gasteiger partial charge in [-0.1, -0.05) is 30.2 Å². The summed E-state index contributed by atoms with van der Waals surface area (Å²) >= 11 is 6.84. The maximum atomic E-state index is 15.2. The number of benzene rings is 1. The van der Waals surface area contributed by atoms with Gasteiger partial charge in [0.05, 0.1) is 35.8 Å². The van der Waals surface area contributed by atoms with Crippen LogP contribution in [0.4, 0.5) is 4.39 Å². The molecule has 196 valence electrons. The molecule has 38 heavy (non-hydrogen) atoms. The van der Waals surface area contributed by atoms with Gasteiger partial charge in [-0.15, -0.1) is 0 Å². The Labute approximate surface area is 224 Å². The van der Waals surface area contributed by atoms with Gasteiger partial charge >= 0.3 is 0 Å². The number of halogens is 2. The van der Waals surface area contributed by atoms with Crippen LogP contribution in [0, 0.1) is 17.8 Å². The zero-order valence-corrected chi connectivity index (χ0v) is 21.9. The van der Waals surface area contributed by atoms with Crippen molar-refractivity contribution in [2.75, 3.05) is 40.4 Å². The molecule has 0 bridgehead atoms. The molecule has 0 saturated carbocycles. The first-order chi connectivity index (χ1) is 18.2. The summed E-state index contributed by atoms with van der Waals surface area (Å²) in [5.41, 5.74) is 1.13. The monoisotopic (exact) mass is 537 g/mol. The van der Waals surface area contributed by atoms with Gasteiger partial charge in [-0.05, 0) is 25.1 Å². The Balaban J connectivity index is 1.72. The van der Waals surface area contributed by atoms with Gasteiger partial charge in [-0.25, -0.2) is 14.4 Å². The van der Waals surface area contributed by atoms with Crippen molar-refractivity contribution in [3.63, 3.8) is 0 Å². The zero-order valence-electron chi connectivity index (χ0n) is 21.1. The van der Waals surface area contributed by atoms with E-state index >= 15 is 4.39 Å². The Kier molecular flexibility index (Phi) is 6.71. The summed E-state index contributed by atoms with van der Waals surface area (Å²) in [7, 11) is 3.13. The third kappa shape index (κ3) is 4.23. The van der Waals surface area contributed by atoms with Gasteiger partial charge in [0.25, 0.3) is 5.91 Å². The van der Waals surface area contributed by atoms with Crippen molar-refractivity contribution < 1.29 is 23.5 Å². The fourth-order valence-corrected chi connectivity index (χ4v) is 5.23. The number of fused-ring (bicyclic) bond motifs is 2. The minimum atomic E-state index is -0.665. The molecule has 2 amide bonds. The standard InChI is InChI=1S/C27H25ClFN5O4/c1-5-20(35)33-11-12-34-16(13-33)14-38-26-22(27(34)36)24(17-9-10-32(3)31-15(17)2)30-25(23(26)28)21-18(29)7-6-8-19(21)37-4/h5-8,16-17H,1,11-14H2,2-4H3/t16-,17?/m1/s1. The third-order valence-corrected chi connectivity index (χ3v) is 7.14. The van der Waals surface area contributed by atoms with Crippen molar-refractivity contribution >= 4 is 29.1 Å². The van der Waals surface area contributed by atoms with E-state index in [4.69, 9.17) is 26.1 Å². The van der Waals surface area contributed by atoms with Crippen molar-refractivity contribution in [1.82, 2.24) is 19.8 Å². The Morgan fingerprint density at radius 3 is 2.84 bits per heavy atom. The summed E-state index contributed by atoms with van der Waals surface area (Å²) in [6.45, 7) is 6.32. The number of rotatable bonds is 4. The van der Waals surface area contributed by atoms with Crippen LogP contribution in [0.2, 0.25) is 5.02 Å². The molecule has 1 saturated heterocycles.